The number of amides is 3. The lowest BCUT2D eigenvalue weighted by Gasteiger charge is -2.25. The molecule has 0 aromatic carbocycles. The monoisotopic (exact) mass is 489 g/mol. The molecule has 0 fully saturated rings. The van der Waals surface area contributed by atoms with Crippen LogP contribution >= 0.6 is 0 Å². The first-order chi connectivity index (χ1) is 15.8. The van der Waals surface area contributed by atoms with Gasteiger partial charge in [0.15, 0.2) is 0 Å². The van der Waals surface area contributed by atoms with Gasteiger partial charge in [0.25, 0.3) is 0 Å². The van der Waals surface area contributed by atoms with Crippen molar-refractivity contribution in [1.82, 2.24) is 16.0 Å². The summed E-state index contributed by atoms with van der Waals surface area (Å²) in [5, 5.41) is 34.0. The minimum absolute atomic E-state index is 0.0889. The highest BCUT2D eigenvalue weighted by atomic mass is 16.4. The van der Waals surface area contributed by atoms with Crippen molar-refractivity contribution in [3.63, 3.8) is 0 Å². The van der Waals surface area contributed by atoms with Crippen LogP contribution in [-0.4, -0.2) is 81.7 Å². The molecule has 14 nitrogen and oxygen atoms in total. The highest BCUT2D eigenvalue weighted by Crippen LogP contribution is 2.07. The molecule has 0 heterocycles. The van der Waals surface area contributed by atoms with Crippen LogP contribution in [0.25, 0.3) is 0 Å². The smallest absolute Gasteiger partial charge is 0.326 e. The summed E-state index contributed by atoms with van der Waals surface area (Å²) in [5.74, 6) is -6.97. The molecule has 0 saturated heterocycles. The summed E-state index contributed by atoms with van der Waals surface area (Å²) in [7, 11) is 0. The van der Waals surface area contributed by atoms with Crippen LogP contribution < -0.4 is 27.4 Å². The number of nitrogens with two attached hydrogens (primary N) is 2. The second-order valence-electron chi connectivity index (χ2n) is 8.11. The Morgan fingerprint density at radius 3 is 1.76 bits per heavy atom. The Hall–Kier alpha value is -3.26. The van der Waals surface area contributed by atoms with Crippen molar-refractivity contribution in [2.24, 2.45) is 17.4 Å². The summed E-state index contributed by atoms with van der Waals surface area (Å²) in [6.45, 7) is 3.44. The second kappa shape index (κ2) is 15.6. The molecule has 14 heteroatoms. The zero-order valence-electron chi connectivity index (χ0n) is 19.3. The molecule has 0 aliphatic carbocycles. The Bertz CT molecular complexity index is 744. The van der Waals surface area contributed by atoms with Gasteiger partial charge >= 0.3 is 17.9 Å². The third-order valence-corrected chi connectivity index (χ3v) is 4.82. The average Bonchev–Trinajstić information content (AvgIpc) is 2.72. The summed E-state index contributed by atoms with van der Waals surface area (Å²) >= 11 is 0. The van der Waals surface area contributed by atoms with Crippen molar-refractivity contribution in [1.29, 1.82) is 0 Å². The minimum Gasteiger partial charge on any atom is -0.481 e. The third-order valence-electron chi connectivity index (χ3n) is 4.82. The SMILES string of the molecule is CC(C)C(NC(=O)C(CCC(=O)O)NC(=O)C(CCCCN)NC(=O)C(N)CC(=O)O)C(=O)O. The van der Waals surface area contributed by atoms with Crippen LogP contribution in [0.5, 0.6) is 0 Å². The van der Waals surface area contributed by atoms with Crippen molar-refractivity contribution in [3.05, 3.63) is 0 Å². The normalized spacial score (nSPS) is 14.4. The molecular weight excluding hydrogens is 454 g/mol. The van der Waals surface area contributed by atoms with E-state index in [4.69, 9.17) is 21.7 Å². The van der Waals surface area contributed by atoms with Crippen LogP contribution in [0.2, 0.25) is 0 Å². The van der Waals surface area contributed by atoms with E-state index in [1.165, 1.54) is 0 Å². The van der Waals surface area contributed by atoms with Gasteiger partial charge in [-0.05, 0) is 38.1 Å². The van der Waals surface area contributed by atoms with Gasteiger partial charge in [0, 0.05) is 6.42 Å². The van der Waals surface area contributed by atoms with E-state index in [0.717, 1.165) is 0 Å². The first-order valence-corrected chi connectivity index (χ1v) is 10.8. The summed E-state index contributed by atoms with van der Waals surface area (Å²) in [5.41, 5.74) is 11.0. The molecule has 4 atom stereocenters. The van der Waals surface area contributed by atoms with E-state index in [1.54, 1.807) is 13.8 Å². The molecule has 0 rings (SSSR count). The number of unbranched alkanes of at least 4 members (excludes halogenated alkanes) is 1. The van der Waals surface area contributed by atoms with E-state index in [-0.39, 0.29) is 12.8 Å². The van der Waals surface area contributed by atoms with Gasteiger partial charge in [-0.2, -0.15) is 0 Å². The van der Waals surface area contributed by atoms with E-state index >= 15 is 0 Å². The van der Waals surface area contributed by atoms with Gasteiger partial charge in [-0.25, -0.2) is 4.79 Å². The number of carboxylic acids is 3. The number of carbonyl (C=O) groups is 6. The molecule has 0 aliphatic rings. The minimum atomic E-state index is -1.42. The van der Waals surface area contributed by atoms with Gasteiger partial charge in [-0.3, -0.25) is 24.0 Å². The molecule has 4 unspecified atom stereocenters. The summed E-state index contributed by atoms with van der Waals surface area (Å²) in [6, 6.07) is -5.30. The number of hydrogen-bond donors (Lipinski definition) is 8. The Morgan fingerprint density at radius 1 is 0.765 bits per heavy atom. The maximum atomic E-state index is 12.9. The van der Waals surface area contributed by atoms with Gasteiger partial charge in [0.2, 0.25) is 17.7 Å². The fraction of sp³-hybridized carbons (Fsp3) is 0.700. The number of nitrogens with one attached hydrogen (secondary N) is 3. The van der Waals surface area contributed by atoms with Crippen LogP contribution in [0.1, 0.15) is 52.4 Å². The van der Waals surface area contributed by atoms with Crippen LogP contribution in [-0.2, 0) is 28.8 Å². The van der Waals surface area contributed by atoms with Crippen molar-refractivity contribution < 1.29 is 44.1 Å². The van der Waals surface area contributed by atoms with Crippen LogP contribution in [0.15, 0.2) is 0 Å². The summed E-state index contributed by atoms with van der Waals surface area (Å²) in [4.78, 5) is 71.0. The van der Waals surface area contributed by atoms with Crippen LogP contribution in [0.3, 0.4) is 0 Å². The zero-order chi connectivity index (χ0) is 26.4. The second-order valence-corrected chi connectivity index (χ2v) is 8.11. The molecule has 0 bridgehead atoms. The Morgan fingerprint density at radius 2 is 1.29 bits per heavy atom. The molecule has 0 aromatic heterocycles. The lowest BCUT2D eigenvalue weighted by molar-refractivity contribution is -0.144. The highest BCUT2D eigenvalue weighted by Gasteiger charge is 2.31. The number of aliphatic carboxylic acids is 3. The fourth-order valence-corrected chi connectivity index (χ4v) is 2.90. The predicted molar refractivity (Wildman–Crippen MR) is 118 cm³/mol. The van der Waals surface area contributed by atoms with Gasteiger partial charge in [-0.1, -0.05) is 13.8 Å². The van der Waals surface area contributed by atoms with E-state index in [9.17, 15) is 33.9 Å². The Labute approximate surface area is 196 Å². The van der Waals surface area contributed by atoms with Crippen molar-refractivity contribution in [2.45, 2.75) is 76.5 Å². The van der Waals surface area contributed by atoms with Gasteiger partial charge < -0.3 is 42.7 Å². The molecule has 0 spiro atoms. The average molecular weight is 490 g/mol. The van der Waals surface area contributed by atoms with E-state index in [2.05, 4.69) is 16.0 Å². The number of hydrogen-bond acceptors (Lipinski definition) is 8. The van der Waals surface area contributed by atoms with E-state index in [1.807, 2.05) is 0 Å². The predicted octanol–water partition coefficient (Wildman–Crippen LogP) is -2.02. The largest absolute Gasteiger partial charge is 0.481 e. The summed E-state index contributed by atoms with van der Waals surface area (Å²) < 4.78 is 0. The fourth-order valence-electron chi connectivity index (χ4n) is 2.90. The molecule has 10 N–H and O–H groups in total. The maximum absolute atomic E-state index is 12.9. The van der Waals surface area contributed by atoms with Crippen molar-refractivity contribution >= 4 is 35.6 Å². The zero-order valence-corrected chi connectivity index (χ0v) is 19.3. The van der Waals surface area contributed by atoms with Crippen molar-refractivity contribution in [3.8, 4) is 0 Å². The number of carbonyl (C=O) groups excluding carboxylic acids is 3. The lowest BCUT2D eigenvalue weighted by atomic mass is 10.0. The quantitative estimate of drug-likeness (QED) is 0.103. The molecule has 0 radical (unpaired) electrons. The van der Waals surface area contributed by atoms with E-state index in [0.29, 0.717) is 19.4 Å². The number of rotatable bonds is 17. The topological polar surface area (TPSA) is 251 Å². The van der Waals surface area contributed by atoms with Gasteiger partial charge in [-0.15, -0.1) is 0 Å². The lowest BCUT2D eigenvalue weighted by Crippen LogP contribution is -2.57. The Balaban J connectivity index is 5.58. The standard InChI is InChI=1S/C20H35N5O9/c1-10(2)16(20(33)34)25-19(32)13(6-7-14(26)27)24-18(31)12(5-3-4-8-21)23-17(30)11(22)9-15(28)29/h10-13,16H,3-9,21-22H2,1-2H3,(H,23,30)(H,24,31)(H,25,32)(H,26,27)(H,28,29)(H,33,34). The first-order valence-electron chi connectivity index (χ1n) is 10.8. The Kier molecular flexibility index (Phi) is 14.1. The first kappa shape index (κ1) is 30.7. The van der Waals surface area contributed by atoms with Gasteiger partial charge in [0.1, 0.15) is 18.1 Å². The van der Waals surface area contributed by atoms with E-state index < -0.39 is 78.6 Å². The third kappa shape index (κ3) is 12.1. The molecular formula is C20H35N5O9. The molecule has 0 aromatic rings. The summed E-state index contributed by atoms with van der Waals surface area (Å²) in [6.07, 6.45) is -0.489. The van der Waals surface area contributed by atoms with Crippen LogP contribution in [0, 0.1) is 5.92 Å². The molecule has 3 amide bonds. The maximum Gasteiger partial charge on any atom is 0.326 e. The van der Waals surface area contributed by atoms with Crippen molar-refractivity contribution in [2.75, 3.05) is 6.54 Å². The molecule has 34 heavy (non-hydrogen) atoms. The number of carboxylic acid groups (broad SMARTS) is 3. The highest BCUT2D eigenvalue weighted by molar-refractivity contribution is 5.94. The van der Waals surface area contributed by atoms with Gasteiger partial charge in [0.05, 0.1) is 12.5 Å². The molecule has 0 aliphatic heterocycles. The molecule has 0 saturated carbocycles. The van der Waals surface area contributed by atoms with Crippen LogP contribution in [0.4, 0.5) is 0 Å². The molecule has 194 valence electrons.